The maximum atomic E-state index is 12.4. The summed E-state index contributed by atoms with van der Waals surface area (Å²) in [5, 5.41) is 2.85. The van der Waals surface area contributed by atoms with Crippen molar-refractivity contribution < 1.29 is 14.3 Å². The molecule has 1 aromatic heterocycles. The molecule has 0 spiro atoms. The predicted molar refractivity (Wildman–Crippen MR) is 90.3 cm³/mol. The van der Waals surface area contributed by atoms with Gasteiger partial charge in [0.15, 0.2) is 11.5 Å². The first-order valence-corrected chi connectivity index (χ1v) is 8.34. The van der Waals surface area contributed by atoms with Crippen LogP contribution in [0.5, 0.6) is 11.5 Å². The van der Waals surface area contributed by atoms with Gasteiger partial charge in [-0.05, 0) is 25.3 Å². The summed E-state index contributed by atoms with van der Waals surface area (Å²) in [4.78, 5) is 31.5. The van der Waals surface area contributed by atoms with Crippen LogP contribution in [0.25, 0.3) is 0 Å². The van der Waals surface area contributed by atoms with E-state index in [1.165, 1.54) is 6.20 Å². The number of rotatable bonds is 4. The van der Waals surface area contributed by atoms with Crippen molar-refractivity contribution in [2.24, 2.45) is 0 Å². The number of para-hydroxylation sites is 1. The van der Waals surface area contributed by atoms with Gasteiger partial charge in [0, 0.05) is 17.7 Å². The van der Waals surface area contributed by atoms with Crippen molar-refractivity contribution in [1.29, 1.82) is 0 Å². The lowest BCUT2D eigenvalue weighted by atomic mass is 10.0. The van der Waals surface area contributed by atoms with Crippen LogP contribution in [0.2, 0.25) is 0 Å². The van der Waals surface area contributed by atoms with Gasteiger partial charge in [0.05, 0.1) is 13.2 Å². The lowest BCUT2D eigenvalue weighted by molar-refractivity contribution is 0.0912. The monoisotopic (exact) mass is 341 g/mol. The van der Waals surface area contributed by atoms with Gasteiger partial charge >= 0.3 is 0 Å². The molecule has 7 nitrogen and oxygen atoms in total. The van der Waals surface area contributed by atoms with E-state index in [9.17, 15) is 9.59 Å². The number of ether oxygens (including phenoxy) is 2. The maximum absolute atomic E-state index is 12.4. The molecule has 0 saturated heterocycles. The van der Waals surface area contributed by atoms with Crippen molar-refractivity contribution >= 4 is 5.91 Å². The van der Waals surface area contributed by atoms with E-state index < -0.39 is 11.5 Å². The maximum Gasteiger partial charge on any atom is 0.263 e. The Hall–Kier alpha value is -2.83. The summed E-state index contributed by atoms with van der Waals surface area (Å²) in [7, 11) is 1.59. The molecule has 4 rings (SSSR count). The van der Waals surface area contributed by atoms with Gasteiger partial charge in [0.2, 0.25) is 0 Å². The number of aromatic nitrogens is 2. The average Bonchev–Trinajstić information content (AvgIpc) is 3.46. The van der Waals surface area contributed by atoms with Crippen LogP contribution in [0.3, 0.4) is 0 Å². The van der Waals surface area contributed by atoms with Crippen LogP contribution in [-0.4, -0.2) is 35.6 Å². The molecular weight excluding hydrogens is 322 g/mol. The van der Waals surface area contributed by atoms with Gasteiger partial charge in [-0.25, -0.2) is 4.98 Å². The molecule has 0 radical (unpaired) electrons. The van der Waals surface area contributed by atoms with Crippen molar-refractivity contribution in [2.75, 3.05) is 13.7 Å². The van der Waals surface area contributed by atoms with Gasteiger partial charge in [-0.15, -0.1) is 0 Å². The molecule has 2 aliphatic rings. The van der Waals surface area contributed by atoms with E-state index in [-0.39, 0.29) is 11.6 Å². The molecule has 2 aromatic rings. The number of benzene rings is 1. The summed E-state index contributed by atoms with van der Waals surface area (Å²) in [5.41, 5.74) is 0.598. The number of methoxy groups -OCH3 is 1. The third kappa shape index (κ3) is 3.09. The Morgan fingerprint density at radius 2 is 2.24 bits per heavy atom. The second-order valence-electron chi connectivity index (χ2n) is 6.42. The molecule has 0 bridgehead atoms. The Labute approximate surface area is 144 Å². The largest absolute Gasteiger partial charge is 0.493 e. The highest BCUT2D eigenvalue weighted by molar-refractivity contribution is 5.93. The molecule has 2 heterocycles. The fourth-order valence-electron chi connectivity index (χ4n) is 3.05. The third-order valence-corrected chi connectivity index (χ3v) is 4.54. The first kappa shape index (κ1) is 15.7. The van der Waals surface area contributed by atoms with Crippen LogP contribution in [-0.2, 0) is 6.42 Å². The third-order valence-electron chi connectivity index (χ3n) is 4.54. The minimum Gasteiger partial charge on any atom is -0.493 e. The Kier molecular flexibility index (Phi) is 3.91. The average molecular weight is 341 g/mol. The summed E-state index contributed by atoms with van der Waals surface area (Å²) >= 11 is 0. The minimum atomic E-state index is -0.434. The van der Waals surface area contributed by atoms with Crippen LogP contribution in [0, 0.1) is 0 Å². The summed E-state index contributed by atoms with van der Waals surface area (Å²) < 4.78 is 11.0. The zero-order valence-electron chi connectivity index (χ0n) is 13.9. The second kappa shape index (κ2) is 6.23. The van der Waals surface area contributed by atoms with Gasteiger partial charge in [-0.1, -0.05) is 12.1 Å². The van der Waals surface area contributed by atoms with Gasteiger partial charge in [-0.2, -0.15) is 0 Å². The molecule has 2 N–H and O–H groups in total. The zero-order chi connectivity index (χ0) is 17.4. The molecule has 1 aliphatic carbocycles. The molecule has 1 atom stereocenters. The predicted octanol–water partition coefficient (Wildman–Crippen LogP) is 1.39. The molecule has 1 aliphatic heterocycles. The number of fused-ring (bicyclic) bond motifs is 1. The quantitative estimate of drug-likeness (QED) is 0.876. The highest BCUT2D eigenvalue weighted by Gasteiger charge is 2.28. The number of carbonyl (C=O) groups is 1. The first-order valence-electron chi connectivity index (χ1n) is 8.34. The van der Waals surface area contributed by atoms with Gasteiger partial charge in [0.1, 0.15) is 18.0 Å². The summed E-state index contributed by atoms with van der Waals surface area (Å²) in [6.45, 7) is 0.324. The van der Waals surface area contributed by atoms with E-state index >= 15 is 0 Å². The minimum absolute atomic E-state index is 0.0286. The Balaban J connectivity index is 1.47. The van der Waals surface area contributed by atoms with E-state index in [1.807, 2.05) is 18.2 Å². The highest BCUT2D eigenvalue weighted by Crippen LogP contribution is 2.37. The fourth-order valence-corrected chi connectivity index (χ4v) is 3.05. The van der Waals surface area contributed by atoms with Crippen molar-refractivity contribution in [3.8, 4) is 11.5 Å². The van der Waals surface area contributed by atoms with E-state index in [0.29, 0.717) is 36.3 Å². The molecule has 1 aromatic carbocycles. The smallest absolute Gasteiger partial charge is 0.263 e. The van der Waals surface area contributed by atoms with Crippen molar-refractivity contribution in [1.82, 2.24) is 15.3 Å². The molecule has 25 heavy (non-hydrogen) atoms. The molecule has 0 unspecified atom stereocenters. The van der Waals surface area contributed by atoms with Crippen molar-refractivity contribution in [2.45, 2.75) is 31.2 Å². The van der Waals surface area contributed by atoms with Crippen LogP contribution >= 0.6 is 0 Å². The van der Waals surface area contributed by atoms with Crippen molar-refractivity contribution in [3.63, 3.8) is 0 Å². The molecular formula is C18H19N3O4. The van der Waals surface area contributed by atoms with Crippen LogP contribution in [0.15, 0.2) is 29.2 Å². The molecule has 1 fully saturated rings. The second-order valence-corrected chi connectivity index (χ2v) is 6.42. The summed E-state index contributed by atoms with van der Waals surface area (Å²) in [5.74, 6) is 1.96. The van der Waals surface area contributed by atoms with Crippen LogP contribution in [0.1, 0.15) is 40.5 Å². The molecule has 7 heteroatoms. The zero-order valence-corrected chi connectivity index (χ0v) is 13.9. The van der Waals surface area contributed by atoms with E-state index in [4.69, 9.17) is 9.47 Å². The number of nitrogens with zero attached hydrogens (tertiary/aromatic N) is 1. The molecule has 130 valence electrons. The normalized spacial score (nSPS) is 18.8. The highest BCUT2D eigenvalue weighted by atomic mass is 16.5. The first-order chi connectivity index (χ1) is 12.2. The standard InChI is InChI=1S/C18H19N3O4/c1-24-14-4-2-3-11-7-12(9-25-15(11)14)20-17(22)13-8-19-16(10-5-6-10)21-18(13)23/h2-4,8,10,12H,5-7,9H2,1H3,(H,20,22)(H,19,21,23)/t12-/m0/s1. The van der Waals surface area contributed by atoms with Crippen molar-refractivity contribution in [3.05, 3.63) is 51.7 Å². The summed E-state index contributed by atoms with van der Waals surface area (Å²) in [6, 6.07) is 5.45. The molecule has 1 amide bonds. The van der Waals surface area contributed by atoms with Crippen LogP contribution < -0.4 is 20.3 Å². The number of hydrogen-bond acceptors (Lipinski definition) is 5. The lowest BCUT2D eigenvalue weighted by Gasteiger charge is -2.27. The fraction of sp³-hybridized carbons (Fsp3) is 0.389. The number of aromatic amines is 1. The van der Waals surface area contributed by atoms with E-state index in [2.05, 4.69) is 15.3 Å². The number of hydrogen-bond donors (Lipinski definition) is 2. The number of carbonyl (C=O) groups excluding carboxylic acids is 1. The van der Waals surface area contributed by atoms with Crippen LogP contribution in [0.4, 0.5) is 0 Å². The number of amides is 1. The number of H-pyrrole nitrogens is 1. The topological polar surface area (TPSA) is 93.3 Å². The lowest BCUT2D eigenvalue weighted by Crippen LogP contribution is -2.44. The Bertz CT molecular complexity index is 873. The van der Waals surface area contributed by atoms with Gasteiger partial charge in [0.25, 0.3) is 11.5 Å². The van der Waals surface area contributed by atoms with Gasteiger partial charge in [-0.3, -0.25) is 9.59 Å². The van der Waals surface area contributed by atoms with Gasteiger partial charge < -0.3 is 19.8 Å². The molecule has 1 saturated carbocycles. The number of nitrogens with one attached hydrogen (secondary N) is 2. The Morgan fingerprint density at radius 3 is 2.96 bits per heavy atom. The summed E-state index contributed by atoms with van der Waals surface area (Å²) in [6.07, 6.45) is 4.06. The Morgan fingerprint density at radius 1 is 1.40 bits per heavy atom. The van der Waals surface area contributed by atoms with E-state index in [1.54, 1.807) is 7.11 Å². The SMILES string of the molecule is COc1cccc2c1OC[C@@H](NC(=O)c1cnc(C3CC3)[nH]c1=O)C2. The van der Waals surface area contributed by atoms with E-state index in [0.717, 1.165) is 18.4 Å².